The van der Waals surface area contributed by atoms with Crippen molar-refractivity contribution >= 4 is 11.8 Å². The molecule has 2 rings (SSSR count). The lowest BCUT2D eigenvalue weighted by molar-refractivity contribution is 0.412. The highest BCUT2D eigenvalue weighted by atomic mass is 32.2. The van der Waals surface area contributed by atoms with E-state index in [4.69, 9.17) is 4.42 Å². The molecule has 0 aliphatic rings. The van der Waals surface area contributed by atoms with Crippen molar-refractivity contribution in [3.8, 4) is 5.75 Å². The van der Waals surface area contributed by atoms with Gasteiger partial charge in [-0.2, -0.15) is 0 Å². The number of aryl methyl sites for hydroxylation is 1. The molecule has 0 saturated carbocycles. The summed E-state index contributed by atoms with van der Waals surface area (Å²) in [7, 11) is 0. The third kappa shape index (κ3) is 2.92. The number of halogens is 1. The normalized spacial score (nSPS) is 10.6. The van der Waals surface area contributed by atoms with E-state index in [0.29, 0.717) is 11.5 Å². The summed E-state index contributed by atoms with van der Waals surface area (Å²) in [5.74, 6) is 0.310. The van der Waals surface area contributed by atoms with Crippen molar-refractivity contribution < 1.29 is 13.9 Å². The van der Waals surface area contributed by atoms with Crippen molar-refractivity contribution in [1.29, 1.82) is 0 Å². The Hall–Kier alpha value is -1.75. The van der Waals surface area contributed by atoms with Crippen LogP contribution in [0.1, 0.15) is 11.3 Å². The number of aromatic hydroxyl groups is 1. The highest BCUT2D eigenvalue weighted by molar-refractivity contribution is 7.98. The van der Waals surface area contributed by atoms with Gasteiger partial charge in [0.2, 0.25) is 0 Å². The predicted molar refractivity (Wildman–Crippen MR) is 67.3 cm³/mol. The Morgan fingerprint density at radius 3 is 2.83 bits per heavy atom. The largest absolute Gasteiger partial charge is 0.506 e. The van der Waals surface area contributed by atoms with Gasteiger partial charge >= 0.3 is 5.63 Å². The Kier molecular flexibility index (Phi) is 3.72. The van der Waals surface area contributed by atoms with Gasteiger partial charge in [-0.05, 0) is 24.6 Å². The Bertz CT molecular complexity index is 622. The Labute approximate surface area is 107 Å². The topological polar surface area (TPSA) is 50.4 Å². The maximum atomic E-state index is 13.0. The predicted octanol–water partition coefficient (Wildman–Crippen LogP) is 3.09. The van der Waals surface area contributed by atoms with E-state index < -0.39 is 5.63 Å². The van der Waals surface area contributed by atoms with Crippen molar-refractivity contribution in [3.05, 3.63) is 57.9 Å². The van der Waals surface area contributed by atoms with Crippen molar-refractivity contribution in [2.75, 3.05) is 0 Å². The van der Waals surface area contributed by atoms with Crippen LogP contribution in [0.2, 0.25) is 0 Å². The first-order valence-corrected chi connectivity index (χ1v) is 6.26. The molecule has 1 heterocycles. The summed E-state index contributed by atoms with van der Waals surface area (Å²) in [6.45, 7) is 1.59. The summed E-state index contributed by atoms with van der Waals surface area (Å²) in [6, 6.07) is 7.48. The van der Waals surface area contributed by atoms with Crippen LogP contribution < -0.4 is 5.63 Å². The molecular weight excluding hydrogens is 255 g/mol. The standard InChI is InChI=1S/C13H11FO3S/c1-8-5-11(15)12(13(16)17-8)18-7-9-3-2-4-10(14)6-9/h2-6,15H,7H2,1H3. The molecule has 2 aromatic rings. The van der Waals surface area contributed by atoms with Gasteiger partial charge in [0.15, 0.2) is 0 Å². The van der Waals surface area contributed by atoms with Crippen molar-refractivity contribution in [1.82, 2.24) is 0 Å². The van der Waals surface area contributed by atoms with Crippen LogP contribution in [-0.4, -0.2) is 5.11 Å². The van der Waals surface area contributed by atoms with Gasteiger partial charge in [0.05, 0.1) is 0 Å². The maximum absolute atomic E-state index is 13.0. The van der Waals surface area contributed by atoms with Gasteiger partial charge in [0.1, 0.15) is 22.2 Å². The van der Waals surface area contributed by atoms with Crippen LogP contribution in [0.25, 0.3) is 0 Å². The lowest BCUT2D eigenvalue weighted by atomic mass is 10.2. The van der Waals surface area contributed by atoms with Gasteiger partial charge in [-0.25, -0.2) is 9.18 Å². The number of benzene rings is 1. The minimum Gasteiger partial charge on any atom is -0.506 e. The summed E-state index contributed by atoms with van der Waals surface area (Å²) in [5, 5.41) is 9.65. The van der Waals surface area contributed by atoms with E-state index in [1.54, 1.807) is 19.1 Å². The van der Waals surface area contributed by atoms with Gasteiger partial charge in [-0.1, -0.05) is 12.1 Å². The summed E-state index contributed by atoms with van der Waals surface area (Å²) in [4.78, 5) is 11.7. The van der Waals surface area contributed by atoms with E-state index in [2.05, 4.69) is 0 Å². The summed E-state index contributed by atoms with van der Waals surface area (Å²) in [6.07, 6.45) is 0. The van der Waals surface area contributed by atoms with Gasteiger partial charge in [-0.15, -0.1) is 11.8 Å². The third-order valence-corrected chi connectivity index (χ3v) is 3.43. The second kappa shape index (κ2) is 5.27. The zero-order valence-corrected chi connectivity index (χ0v) is 10.5. The molecule has 1 aromatic heterocycles. The number of rotatable bonds is 3. The van der Waals surface area contributed by atoms with Gasteiger partial charge < -0.3 is 9.52 Å². The van der Waals surface area contributed by atoms with Crippen LogP contribution >= 0.6 is 11.8 Å². The monoisotopic (exact) mass is 266 g/mol. The summed E-state index contributed by atoms with van der Waals surface area (Å²) < 4.78 is 17.9. The van der Waals surface area contributed by atoms with E-state index >= 15 is 0 Å². The zero-order valence-electron chi connectivity index (χ0n) is 9.64. The average Bonchev–Trinajstić information content (AvgIpc) is 2.27. The van der Waals surface area contributed by atoms with Crippen molar-refractivity contribution in [2.45, 2.75) is 17.6 Å². The number of hydrogen-bond acceptors (Lipinski definition) is 4. The molecule has 0 fully saturated rings. The van der Waals surface area contributed by atoms with Gasteiger partial charge in [0, 0.05) is 11.8 Å². The van der Waals surface area contributed by atoms with Crippen LogP contribution in [-0.2, 0) is 5.75 Å². The molecule has 0 aliphatic heterocycles. The molecule has 0 radical (unpaired) electrons. The quantitative estimate of drug-likeness (QED) is 0.867. The molecule has 0 saturated heterocycles. The van der Waals surface area contributed by atoms with Crippen LogP contribution in [0.5, 0.6) is 5.75 Å². The fourth-order valence-electron chi connectivity index (χ4n) is 1.50. The second-order valence-corrected chi connectivity index (χ2v) is 4.76. The Balaban J connectivity index is 2.18. The fourth-order valence-corrected chi connectivity index (χ4v) is 2.36. The van der Waals surface area contributed by atoms with Gasteiger partial charge in [-0.3, -0.25) is 0 Å². The molecular formula is C13H11FO3S. The molecule has 5 heteroatoms. The molecule has 1 aromatic carbocycles. The maximum Gasteiger partial charge on any atom is 0.353 e. The third-order valence-electron chi connectivity index (χ3n) is 2.28. The first kappa shape index (κ1) is 12.7. The molecule has 0 aliphatic carbocycles. The number of thioether (sulfide) groups is 1. The van der Waals surface area contributed by atoms with Crippen LogP contribution in [0.4, 0.5) is 4.39 Å². The minimum absolute atomic E-state index is 0.106. The first-order valence-electron chi connectivity index (χ1n) is 5.27. The molecule has 18 heavy (non-hydrogen) atoms. The first-order chi connectivity index (χ1) is 8.56. The molecule has 0 bridgehead atoms. The number of hydrogen-bond donors (Lipinski definition) is 1. The van der Waals surface area contributed by atoms with Gasteiger partial charge in [0.25, 0.3) is 0 Å². The average molecular weight is 266 g/mol. The highest BCUT2D eigenvalue weighted by Crippen LogP contribution is 2.28. The minimum atomic E-state index is -0.575. The second-order valence-electron chi connectivity index (χ2n) is 3.78. The lowest BCUT2D eigenvalue weighted by Gasteiger charge is -2.04. The molecule has 0 amide bonds. The zero-order chi connectivity index (χ0) is 13.1. The molecule has 0 unspecified atom stereocenters. The molecule has 0 spiro atoms. The van der Waals surface area contributed by atoms with E-state index in [1.807, 2.05) is 0 Å². The Morgan fingerprint density at radius 1 is 1.39 bits per heavy atom. The fraction of sp³-hybridized carbons (Fsp3) is 0.154. The highest BCUT2D eigenvalue weighted by Gasteiger charge is 2.10. The Morgan fingerprint density at radius 2 is 2.17 bits per heavy atom. The van der Waals surface area contributed by atoms with Crippen LogP contribution in [0.15, 0.2) is 44.4 Å². The van der Waals surface area contributed by atoms with E-state index in [1.165, 1.54) is 18.2 Å². The SMILES string of the molecule is Cc1cc(O)c(SCc2cccc(F)c2)c(=O)o1. The molecule has 1 N–H and O–H groups in total. The molecule has 94 valence electrons. The summed E-state index contributed by atoms with van der Waals surface area (Å²) >= 11 is 1.12. The van der Waals surface area contributed by atoms with Crippen LogP contribution in [0, 0.1) is 12.7 Å². The summed E-state index contributed by atoms with van der Waals surface area (Å²) in [5.41, 5.74) is 0.160. The van der Waals surface area contributed by atoms with E-state index in [-0.39, 0.29) is 16.5 Å². The van der Waals surface area contributed by atoms with Crippen molar-refractivity contribution in [3.63, 3.8) is 0 Å². The molecule has 0 atom stereocenters. The van der Waals surface area contributed by atoms with E-state index in [0.717, 1.165) is 17.3 Å². The van der Waals surface area contributed by atoms with E-state index in [9.17, 15) is 14.3 Å². The van der Waals surface area contributed by atoms with Crippen LogP contribution in [0.3, 0.4) is 0 Å². The lowest BCUT2D eigenvalue weighted by Crippen LogP contribution is -2.03. The smallest absolute Gasteiger partial charge is 0.353 e. The van der Waals surface area contributed by atoms with Crippen molar-refractivity contribution in [2.24, 2.45) is 0 Å². The molecule has 3 nitrogen and oxygen atoms in total.